The van der Waals surface area contributed by atoms with E-state index in [1.165, 1.54) is 0 Å². The highest BCUT2D eigenvalue weighted by Crippen LogP contribution is 2.60. The van der Waals surface area contributed by atoms with Gasteiger partial charge < -0.3 is 4.74 Å². The number of amides is 1. The first-order valence-corrected chi connectivity index (χ1v) is 10.2. The van der Waals surface area contributed by atoms with Crippen molar-refractivity contribution in [2.45, 2.75) is 57.7 Å². The Balaban J connectivity index is 1.86. The Labute approximate surface area is 178 Å². The Morgan fingerprint density at radius 3 is 2.83 bits per heavy atom. The minimum atomic E-state index is -0.669. The molecule has 2 aliphatic rings. The van der Waals surface area contributed by atoms with Crippen LogP contribution < -0.4 is 0 Å². The monoisotopic (exact) mass is 461 g/mol. The molecule has 9 heteroatoms. The van der Waals surface area contributed by atoms with Crippen LogP contribution in [0.4, 0.5) is 4.79 Å². The molecule has 154 valence electrons. The Hall–Kier alpha value is -2.38. The molecule has 8 nitrogen and oxygen atoms in total. The van der Waals surface area contributed by atoms with Crippen molar-refractivity contribution in [3.63, 3.8) is 0 Å². The molecule has 1 aliphatic carbocycles. The maximum absolute atomic E-state index is 13.2. The number of nitrogens with zero attached hydrogens (tertiary/aromatic N) is 5. The molecule has 1 saturated carbocycles. The number of ether oxygens (including phenoxy) is 1. The van der Waals surface area contributed by atoms with Crippen LogP contribution in [-0.4, -0.2) is 46.0 Å². The smallest absolute Gasteiger partial charge is 0.411 e. The fourth-order valence-electron chi connectivity index (χ4n) is 3.98. The topological polar surface area (TPSA) is 108 Å². The summed E-state index contributed by atoms with van der Waals surface area (Å²) in [6.45, 7) is 9.42. The molecular formula is C20H24BrN5O3. The van der Waals surface area contributed by atoms with Crippen LogP contribution in [0.25, 0.3) is 16.5 Å². The van der Waals surface area contributed by atoms with Crippen molar-refractivity contribution in [3.05, 3.63) is 45.0 Å². The largest absolute Gasteiger partial charge is 0.444 e. The summed E-state index contributed by atoms with van der Waals surface area (Å²) in [7, 11) is 0. The minimum Gasteiger partial charge on any atom is -0.444 e. The molecule has 1 aromatic heterocycles. The maximum atomic E-state index is 13.2. The zero-order chi connectivity index (χ0) is 21.4. The summed E-state index contributed by atoms with van der Waals surface area (Å²) in [5.74, 6) is -0.114. The van der Waals surface area contributed by atoms with Crippen LogP contribution in [0.5, 0.6) is 0 Å². The fourth-order valence-corrected chi connectivity index (χ4v) is 4.33. The Morgan fingerprint density at radius 1 is 1.48 bits per heavy atom. The molecule has 0 N–H and O–H groups in total. The third-order valence-corrected chi connectivity index (χ3v) is 5.82. The van der Waals surface area contributed by atoms with Gasteiger partial charge in [-0.05, 0) is 66.7 Å². The number of halogens is 1. The van der Waals surface area contributed by atoms with Gasteiger partial charge in [-0.1, -0.05) is 23.8 Å². The van der Waals surface area contributed by atoms with Crippen LogP contribution in [0.1, 0.15) is 44.9 Å². The maximum Gasteiger partial charge on any atom is 0.411 e. The molecule has 1 aliphatic heterocycles. The summed E-state index contributed by atoms with van der Waals surface area (Å²) in [5.41, 5.74) is 9.08. The van der Waals surface area contributed by atoms with Gasteiger partial charge in [-0.15, -0.1) is 0 Å². The van der Waals surface area contributed by atoms with E-state index in [4.69, 9.17) is 10.3 Å². The van der Waals surface area contributed by atoms with Crippen molar-refractivity contribution < 1.29 is 14.3 Å². The number of hydrogen-bond donors (Lipinski definition) is 0. The Morgan fingerprint density at radius 2 is 2.21 bits per heavy atom. The standard InChI is InChI=1S/C20H24BrN5O3/c1-5-12-6-7-17(21)24-13(12)8-15(27)14-9-20(11-23-25-22)10-16(20)26(14)18(28)29-19(2,3)4/h5-7,14,16H,1,8-11H2,2-4H3/t14-,16+,20-/m0/s1. The number of azide groups is 1. The Kier molecular flexibility index (Phi) is 5.74. The summed E-state index contributed by atoms with van der Waals surface area (Å²) < 4.78 is 6.18. The molecule has 0 radical (unpaired) electrons. The summed E-state index contributed by atoms with van der Waals surface area (Å²) in [6.07, 6.45) is 2.40. The fraction of sp³-hybridized carbons (Fsp3) is 0.550. The molecule has 0 bridgehead atoms. The lowest BCUT2D eigenvalue weighted by atomic mass is 9.95. The van der Waals surface area contributed by atoms with E-state index in [1.54, 1.807) is 37.8 Å². The van der Waals surface area contributed by atoms with Gasteiger partial charge in [0, 0.05) is 22.9 Å². The van der Waals surface area contributed by atoms with Crippen LogP contribution in [0, 0.1) is 5.41 Å². The van der Waals surface area contributed by atoms with E-state index in [0.717, 1.165) is 5.56 Å². The van der Waals surface area contributed by atoms with E-state index in [1.807, 2.05) is 6.07 Å². The molecule has 3 atom stereocenters. The van der Waals surface area contributed by atoms with Crippen molar-refractivity contribution in [3.8, 4) is 0 Å². The molecule has 1 aromatic rings. The quantitative estimate of drug-likeness (QED) is 0.265. The van der Waals surface area contributed by atoms with Crippen molar-refractivity contribution >= 4 is 33.9 Å². The van der Waals surface area contributed by atoms with Gasteiger partial charge in [-0.3, -0.25) is 9.69 Å². The van der Waals surface area contributed by atoms with E-state index in [9.17, 15) is 9.59 Å². The summed E-state index contributed by atoms with van der Waals surface area (Å²) in [6, 6.07) is 2.85. The van der Waals surface area contributed by atoms with E-state index in [2.05, 4.69) is 37.5 Å². The highest BCUT2D eigenvalue weighted by atomic mass is 79.9. The number of rotatable bonds is 6. The first-order chi connectivity index (χ1) is 13.6. The number of pyridine rings is 1. The van der Waals surface area contributed by atoms with Gasteiger partial charge in [0.25, 0.3) is 0 Å². The zero-order valence-corrected chi connectivity index (χ0v) is 18.3. The van der Waals surface area contributed by atoms with E-state index >= 15 is 0 Å². The van der Waals surface area contributed by atoms with E-state index in [0.29, 0.717) is 23.1 Å². The molecular weight excluding hydrogens is 438 g/mol. The second-order valence-electron chi connectivity index (χ2n) is 8.60. The number of hydrogen-bond acceptors (Lipinski definition) is 5. The van der Waals surface area contributed by atoms with Gasteiger partial charge in [0.1, 0.15) is 10.2 Å². The molecule has 0 aromatic carbocycles. The highest BCUT2D eigenvalue weighted by molar-refractivity contribution is 9.10. The lowest BCUT2D eigenvalue weighted by molar-refractivity contribution is -0.123. The first kappa shape index (κ1) is 21.3. The molecule has 29 heavy (non-hydrogen) atoms. The van der Waals surface area contributed by atoms with Gasteiger partial charge in [0.05, 0.1) is 18.2 Å². The van der Waals surface area contributed by atoms with Gasteiger partial charge in [0.2, 0.25) is 0 Å². The van der Waals surface area contributed by atoms with Crippen molar-refractivity contribution in [1.82, 2.24) is 9.88 Å². The van der Waals surface area contributed by atoms with Crippen LogP contribution >= 0.6 is 15.9 Å². The Bertz CT molecular complexity index is 906. The molecule has 1 saturated heterocycles. The number of Topliss-reactive ketones (excluding diaryl/α,β-unsaturated/α-hetero) is 1. The summed E-state index contributed by atoms with van der Waals surface area (Å²) >= 11 is 3.33. The normalized spacial score (nSPS) is 25.0. The van der Waals surface area contributed by atoms with Crippen LogP contribution in [0.3, 0.4) is 0 Å². The molecule has 2 fully saturated rings. The number of carbonyl (C=O) groups excluding carboxylic acids is 2. The summed E-state index contributed by atoms with van der Waals surface area (Å²) in [5, 5.41) is 3.71. The molecule has 0 spiro atoms. The third-order valence-electron chi connectivity index (χ3n) is 5.38. The second-order valence-corrected chi connectivity index (χ2v) is 9.41. The number of aromatic nitrogens is 1. The van der Waals surface area contributed by atoms with Crippen LogP contribution in [-0.2, 0) is 16.0 Å². The van der Waals surface area contributed by atoms with E-state index < -0.39 is 17.7 Å². The van der Waals surface area contributed by atoms with Gasteiger partial charge in [-0.25, -0.2) is 9.78 Å². The molecule has 3 rings (SSSR count). The highest BCUT2D eigenvalue weighted by Gasteiger charge is 2.67. The zero-order valence-electron chi connectivity index (χ0n) is 16.8. The van der Waals surface area contributed by atoms with Gasteiger partial charge >= 0.3 is 6.09 Å². The molecule has 1 amide bonds. The van der Waals surface area contributed by atoms with Crippen molar-refractivity contribution in [1.29, 1.82) is 0 Å². The second kappa shape index (κ2) is 7.80. The number of likely N-dealkylation sites (tertiary alicyclic amines) is 1. The summed E-state index contributed by atoms with van der Waals surface area (Å²) in [4.78, 5) is 34.9. The number of piperidine rings is 1. The van der Waals surface area contributed by atoms with Crippen molar-refractivity contribution in [2.75, 3.05) is 6.54 Å². The lowest BCUT2D eigenvalue weighted by Gasteiger charge is -2.29. The average Bonchev–Trinajstić information content (AvgIpc) is 3.22. The van der Waals surface area contributed by atoms with Crippen LogP contribution in [0.15, 0.2) is 28.4 Å². The van der Waals surface area contributed by atoms with E-state index in [-0.39, 0.29) is 30.2 Å². The lowest BCUT2D eigenvalue weighted by Crippen LogP contribution is -2.46. The number of ketones is 1. The molecule has 2 heterocycles. The predicted molar refractivity (Wildman–Crippen MR) is 112 cm³/mol. The minimum absolute atomic E-state index is 0.0784. The SMILES string of the molecule is C=Cc1ccc(Br)nc1CC(=O)[C@@H]1C[C@@]2(CN=[N+]=[N-])C[C@H]2N1C(=O)OC(C)(C)C. The van der Waals surface area contributed by atoms with Crippen LogP contribution in [0.2, 0.25) is 0 Å². The average molecular weight is 462 g/mol. The predicted octanol–water partition coefficient (Wildman–Crippen LogP) is 4.68. The van der Waals surface area contributed by atoms with Gasteiger partial charge in [0.15, 0.2) is 5.78 Å². The number of fused-ring (bicyclic) bond motifs is 1. The third kappa shape index (κ3) is 4.46. The molecule has 0 unspecified atom stereocenters. The number of carbonyl (C=O) groups is 2. The first-order valence-electron chi connectivity index (χ1n) is 9.43. The van der Waals surface area contributed by atoms with Gasteiger partial charge in [-0.2, -0.15) is 0 Å². The van der Waals surface area contributed by atoms with Crippen molar-refractivity contribution in [2.24, 2.45) is 10.5 Å².